The second kappa shape index (κ2) is 11.1. The van der Waals surface area contributed by atoms with E-state index in [4.69, 9.17) is 0 Å². The maximum atomic E-state index is 2.44. The summed E-state index contributed by atoms with van der Waals surface area (Å²) in [5.74, 6) is 0. The fourth-order valence-corrected chi connectivity index (χ4v) is 9.68. The van der Waals surface area contributed by atoms with Crippen molar-refractivity contribution < 1.29 is 0 Å². The molecule has 230 valence electrons. The Hall–Kier alpha value is -5.83. The first-order valence-electron chi connectivity index (χ1n) is 16.9. The highest BCUT2D eigenvalue weighted by molar-refractivity contribution is 8.00. The molecule has 0 saturated heterocycles. The van der Waals surface area contributed by atoms with Crippen molar-refractivity contribution in [1.29, 1.82) is 0 Å². The molecule has 0 radical (unpaired) electrons. The van der Waals surface area contributed by atoms with E-state index in [2.05, 4.69) is 193 Å². The quantitative estimate of drug-likeness (QED) is 0.188. The highest BCUT2D eigenvalue weighted by Gasteiger charge is 2.51. The monoisotopic (exact) mass is 641 g/mol. The Bertz CT molecular complexity index is 2470. The van der Waals surface area contributed by atoms with Crippen molar-refractivity contribution in [2.24, 2.45) is 0 Å². The minimum atomic E-state index is -0.456. The molecule has 0 unspecified atom stereocenters. The largest absolute Gasteiger partial charge is 0.309 e. The number of hydrogen-bond acceptors (Lipinski definition) is 2. The van der Waals surface area contributed by atoms with E-state index in [9.17, 15) is 0 Å². The van der Waals surface area contributed by atoms with Crippen molar-refractivity contribution in [1.82, 2.24) is 0 Å². The molecule has 0 fully saturated rings. The van der Waals surface area contributed by atoms with Gasteiger partial charge in [-0.25, -0.2) is 0 Å². The summed E-state index contributed by atoms with van der Waals surface area (Å²) >= 11 is 1.92. The summed E-state index contributed by atoms with van der Waals surface area (Å²) in [5, 5.41) is 2.56. The number of rotatable bonds is 4. The minimum Gasteiger partial charge on any atom is -0.309 e. The molecule has 1 nitrogen and oxygen atoms in total. The molecule has 1 heterocycles. The maximum absolute atomic E-state index is 2.44. The summed E-state index contributed by atoms with van der Waals surface area (Å²) in [6.07, 6.45) is 0. The number of benzene rings is 8. The minimum absolute atomic E-state index is 0.456. The number of para-hydroxylation sites is 1. The molecule has 49 heavy (non-hydrogen) atoms. The number of fused-ring (bicyclic) bond motifs is 11. The van der Waals surface area contributed by atoms with Crippen LogP contribution in [0, 0.1) is 0 Å². The average Bonchev–Trinajstić information content (AvgIpc) is 3.47. The van der Waals surface area contributed by atoms with Crippen LogP contribution in [0.15, 0.2) is 198 Å². The number of nitrogens with zero attached hydrogens (tertiary/aromatic N) is 1. The Labute approximate surface area is 291 Å². The standard InChI is InChI=1S/C47H31NS/c1-3-14-32(15-4-1)33-26-29-36(30-27-33)48(35-17-5-2-6-18-35)44-25-13-24-42-46(44)49-45-37-19-8-7-16-34(37)28-31-43(45)47(42)40-22-11-9-20-38(40)39-21-10-12-23-41(39)47/h1-31H. The van der Waals surface area contributed by atoms with Crippen LogP contribution < -0.4 is 4.90 Å². The Kier molecular flexibility index (Phi) is 6.40. The van der Waals surface area contributed by atoms with Gasteiger partial charge in [0.15, 0.2) is 0 Å². The van der Waals surface area contributed by atoms with Crippen molar-refractivity contribution in [2.45, 2.75) is 15.2 Å². The first kappa shape index (κ1) is 28.2. The maximum Gasteiger partial charge on any atom is 0.0736 e. The van der Waals surface area contributed by atoms with Crippen molar-refractivity contribution in [3.05, 3.63) is 210 Å². The summed E-state index contributed by atoms with van der Waals surface area (Å²) in [7, 11) is 0. The van der Waals surface area contributed by atoms with E-state index in [-0.39, 0.29) is 0 Å². The Morgan fingerprint density at radius 2 is 0.918 bits per heavy atom. The predicted molar refractivity (Wildman–Crippen MR) is 205 cm³/mol. The van der Waals surface area contributed by atoms with Gasteiger partial charge in [0.2, 0.25) is 0 Å². The lowest BCUT2D eigenvalue weighted by Gasteiger charge is -2.42. The summed E-state index contributed by atoms with van der Waals surface area (Å²) in [4.78, 5) is 5.06. The highest BCUT2D eigenvalue weighted by atomic mass is 32.2. The van der Waals surface area contributed by atoms with Gasteiger partial charge in [-0.2, -0.15) is 0 Å². The van der Waals surface area contributed by atoms with Crippen LogP contribution in [0.3, 0.4) is 0 Å². The van der Waals surface area contributed by atoms with Gasteiger partial charge in [-0.05, 0) is 85.6 Å². The molecule has 0 aromatic heterocycles. The predicted octanol–water partition coefficient (Wildman–Crippen LogP) is 12.8. The van der Waals surface area contributed by atoms with Crippen LogP contribution in [0.4, 0.5) is 17.1 Å². The zero-order valence-corrected chi connectivity index (χ0v) is 27.6. The molecule has 0 N–H and O–H groups in total. The molecule has 0 amide bonds. The van der Waals surface area contributed by atoms with Crippen LogP contribution in [0.1, 0.15) is 22.3 Å². The Morgan fingerprint density at radius 1 is 0.367 bits per heavy atom. The Balaban J connectivity index is 1.28. The van der Waals surface area contributed by atoms with Gasteiger partial charge in [0, 0.05) is 21.2 Å². The molecule has 2 heteroatoms. The van der Waals surface area contributed by atoms with Crippen molar-refractivity contribution >= 4 is 39.6 Å². The molecule has 2 aliphatic rings. The molecule has 10 rings (SSSR count). The lowest BCUT2D eigenvalue weighted by Crippen LogP contribution is -2.32. The average molecular weight is 642 g/mol. The third-order valence-corrected chi connectivity index (χ3v) is 11.6. The normalized spacial score (nSPS) is 13.4. The van der Waals surface area contributed by atoms with Gasteiger partial charge in [0.25, 0.3) is 0 Å². The second-order valence-corrected chi connectivity index (χ2v) is 13.9. The molecule has 0 bridgehead atoms. The van der Waals surface area contributed by atoms with Gasteiger partial charge >= 0.3 is 0 Å². The fraction of sp³-hybridized carbons (Fsp3) is 0.0213. The van der Waals surface area contributed by atoms with Crippen molar-refractivity contribution in [2.75, 3.05) is 4.90 Å². The number of hydrogen-bond donors (Lipinski definition) is 0. The second-order valence-electron chi connectivity index (χ2n) is 12.8. The van der Waals surface area contributed by atoms with E-state index in [1.54, 1.807) is 0 Å². The van der Waals surface area contributed by atoms with Gasteiger partial charge < -0.3 is 4.90 Å². The molecular weight excluding hydrogens is 611 g/mol. The molecule has 0 atom stereocenters. The van der Waals surface area contributed by atoms with Crippen molar-refractivity contribution in [3.8, 4) is 22.3 Å². The molecule has 8 aromatic rings. The van der Waals surface area contributed by atoms with Crippen LogP contribution in [-0.4, -0.2) is 0 Å². The zero-order valence-electron chi connectivity index (χ0n) is 26.8. The highest BCUT2D eigenvalue weighted by Crippen LogP contribution is 2.64. The molecule has 1 aliphatic heterocycles. The summed E-state index contributed by atoms with van der Waals surface area (Å²) in [6.45, 7) is 0. The van der Waals surface area contributed by atoms with Crippen LogP contribution in [0.5, 0.6) is 0 Å². The van der Waals surface area contributed by atoms with Crippen LogP contribution in [-0.2, 0) is 5.41 Å². The topological polar surface area (TPSA) is 3.24 Å². The summed E-state index contributed by atoms with van der Waals surface area (Å²) < 4.78 is 0. The third-order valence-electron chi connectivity index (χ3n) is 10.3. The van der Waals surface area contributed by atoms with E-state index in [1.165, 1.54) is 70.8 Å². The molecular formula is C47H31NS. The zero-order chi connectivity index (χ0) is 32.4. The third kappa shape index (κ3) is 4.14. The molecule has 1 aliphatic carbocycles. The fourth-order valence-electron chi connectivity index (χ4n) is 8.25. The smallest absolute Gasteiger partial charge is 0.0736 e. The SMILES string of the molecule is c1ccc(-c2ccc(N(c3ccccc3)c3cccc4c3Sc3c(ccc5ccccc35)C43c4ccccc4-c4ccccc43)cc2)cc1. The molecule has 0 saturated carbocycles. The Morgan fingerprint density at radius 3 is 1.65 bits per heavy atom. The van der Waals surface area contributed by atoms with E-state index in [1.807, 2.05) is 11.8 Å². The van der Waals surface area contributed by atoms with Crippen LogP contribution in [0.25, 0.3) is 33.0 Å². The van der Waals surface area contributed by atoms with Gasteiger partial charge in [0.05, 0.1) is 11.1 Å². The molecule has 1 spiro atoms. The van der Waals surface area contributed by atoms with Gasteiger partial charge in [-0.1, -0.05) is 169 Å². The first-order valence-corrected chi connectivity index (χ1v) is 17.7. The van der Waals surface area contributed by atoms with Gasteiger partial charge in [-0.3, -0.25) is 0 Å². The lowest BCUT2D eigenvalue weighted by molar-refractivity contribution is 0.725. The number of anilines is 3. The lowest BCUT2D eigenvalue weighted by atomic mass is 9.67. The van der Waals surface area contributed by atoms with E-state index < -0.39 is 5.41 Å². The van der Waals surface area contributed by atoms with E-state index in [0.29, 0.717) is 0 Å². The van der Waals surface area contributed by atoms with Gasteiger partial charge in [-0.15, -0.1) is 0 Å². The first-order chi connectivity index (χ1) is 24.3. The summed E-state index contributed by atoms with van der Waals surface area (Å²) in [6, 6.07) is 69.1. The van der Waals surface area contributed by atoms with Crippen molar-refractivity contribution in [3.63, 3.8) is 0 Å². The molecule has 8 aromatic carbocycles. The van der Waals surface area contributed by atoms with Crippen LogP contribution >= 0.6 is 11.8 Å². The van der Waals surface area contributed by atoms with E-state index in [0.717, 1.165) is 11.4 Å². The van der Waals surface area contributed by atoms with Crippen LogP contribution in [0.2, 0.25) is 0 Å². The van der Waals surface area contributed by atoms with Gasteiger partial charge in [0.1, 0.15) is 0 Å². The summed E-state index contributed by atoms with van der Waals surface area (Å²) in [5.41, 5.74) is 13.4. The van der Waals surface area contributed by atoms with E-state index >= 15 is 0 Å².